The molecule has 0 bridgehead atoms. The number of rotatable bonds is 2. The van der Waals surface area contributed by atoms with Crippen molar-refractivity contribution in [1.82, 2.24) is 0 Å². The summed E-state index contributed by atoms with van der Waals surface area (Å²) in [5, 5.41) is 11.9. The number of halogens is 2. The van der Waals surface area contributed by atoms with E-state index in [0.717, 1.165) is 0 Å². The minimum Gasteiger partial charge on any atom is -0.321 e. The van der Waals surface area contributed by atoms with Crippen LogP contribution in [0.2, 0.25) is 5.02 Å². The van der Waals surface area contributed by atoms with Gasteiger partial charge in [-0.3, -0.25) is 4.79 Å². The van der Waals surface area contributed by atoms with Crippen molar-refractivity contribution in [2.45, 2.75) is 0 Å². The molecule has 1 N–H and O–H groups in total. The van der Waals surface area contributed by atoms with Crippen molar-refractivity contribution in [3.05, 3.63) is 64.4 Å². The lowest BCUT2D eigenvalue weighted by Gasteiger charge is -2.07. The summed E-state index contributed by atoms with van der Waals surface area (Å²) in [6, 6.07) is 11.6. The minimum atomic E-state index is -0.432. The monoisotopic (exact) mass is 274 g/mol. The van der Waals surface area contributed by atoms with E-state index in [2.05, 4.69) is 5.32 Å². The minimum absolute atomic E-state index is 0.297. The predicted molar refractivity (Wildman–Crippen MR) is 70.5 cm³/mol. The molecule has 0 heterocycles. The van der Waals surface area contributed by atoms with Gasteiger partial charge >= 0.3 is 0 Å². The average molecular weight is 275 g/mol. The van der Waals surface area contributed by atoms with E-state index in [0.29, 0.717) is 21.8 Å². The zero-order valence-corrected chi connectivity index (χ0v) is 10.4. The molecule has 1 amide bonds. The highest BCUT2D eigenvalue weighted by molar-refractivity contribution is 6.31. The second-order valence-electron chi connectivity index (χ2n) is 3.76. The van der Waals surface area contributed by atoms with Crippen molar-refractivity contribution < 1.29 is 9.18 Å². The van der Waals surface area contributed by atoms with E-state index >= 15 is 0 Å². The second-order valence-corrected chi connectivity index (χ2v) is 4.20. The summed E-state index contributed by atoms with van der Waals surface area (Å²) in [5.74, 6) is -0.851. The first-order valence-corrected chi connectivity index (χ1v) is 5.74. The number of amides is 1. The number of nitrogens with zero attached hydrogens (tertiary/aromatic N) is 1. The van der Waals surface area contributed by atoms with Crippen LogP contribution in [0.3, 0.4) is 0 Å². The maximum Gasteiger partial charge on any atom is 0.255 e. The quantitative estimate of drug-likeness (QED) is 0.909. The van der Waals surface area contributed by atoms with Crippen LogP contribution < -0.4 is 5.32 Å². The molecule has 2 rings (SSSR count). The lowest BCUT2D eigenvalue weighted by Crippen LogP contribution is -2.12. The van der Waals surface area contributed by atoms with Crippen LogP contribution in [0.25, 0.3) is 0 Å². The van der Waals surface area contributed by atoms with Crippen LogP contribution >= 0.6 is 11.6 Å². The molecule has 2 aromatic carbocycles. The molecule has 2 aromatic rings. The SMILES string of the molecule is N#Cc1ccc(Cl)cc1NC(=O)c1ccc(F)cc1. The Morgan fingerprint density at radius 1 is 1.21 bits per heavy atom. The number of carbonyl (C=O) groups excluding carboxylic acids is 1. The van der Waals surface area contributed by atoms with E-state index in [1.807, 2.05) is 6.07 Å². The van der Waals surface area contributed by atoms with Gasteiger partial charge < -0.3 is 5.32 Å². The summed E-state index contributed by atoms with van der Waals surface area (Å²) in [6.07, 6.45) is 0. The standard InChI is InChI=1S/C14H8ClFN2O/c15-11-4-1-10(8-17)13(7-11)18-14(19)9-2-5-12(16)6-3-9/h1-7H,(H,18,19). The topological polar surface area (TPSA) is 52.9 Å². The van der Waals surface area contributed by atoms with Gasteiger partial charge in [0.2, 0.25) is 0 Å². The maximum atomic E-state index is 12.8. The van der Waals surface area contributed by atoms with Gasteiger partial charge in [0, 0.05) is 10.6 Å². The Bertz CT molecular complexity index is 662. The van der Waals surface area contributed by atoms with E-state index in [-0.39, 0.29) is 0 Å². The lowest BCUT2D eigenvalue weighted by atomic mass is 10.1. The number of anilines is 1. The molecule has 0 saturated heterocycles. The molecule has 5 heteroatoms. The molecule has 0 saturated carbocycles. The first-order chi connectivity index (χ1) is 9.10. The van der Waals surface area contributed by atoms with E-state index in [1.54, 1.807) is 6.07 Å². The molecule has 0 unspecified atom stereocenters. The normalized spacial score (nSPS) is 9.74. The first kappa shape index (κ1) is 13.1. The smallest absolute Gasteiger partial charge is 0.255 e. The molecule has 0 aromatic heterocycles. The highest BCUT2D eigenvalue weighted by Gasteiger charge is 2.09. The van der Waals surface area contributed by atoms with Crippen molar-refractivity contribution in [1.29, 1.82) is 5.26 Å². The van der Waals surface area contributed by atoms with Gasteiger partial charge in [0.05, 0.1) is 11.3 Å². The number of nitriles is 1. The third-order valence-corrected chi connectivity index (χ3v) is 2.69. The summed E-state index contributed by atoms with van der Waals surface area (Å²) in [4.78, 5) is 11.9. The van der Waals surface area contributed by atoms with E-state index in [4.69, 9.17) is 16.9 Å². The van der Waals surface area contributed by atoms with Crippen LogP contribution in [0.15, 0.2) is 42.5 Å². The van der Waals surface area contributed by atoms with Gasteiger partial charge in [0.15, 0.2) is 0 Å². The van der Waals surface area contributed by atoms with Crippen LogP contribution in [0.1, 0.15) is 15.9 Å². The Balaban J connectivity index is 2.26. The van der Waals surface area contributed by atoms with Crippen LogP contribution in [-0.2, 0) is 0 Å². The Morgan fingerprint density at radius 2 is 1.89 bits per heavy atom. The zero-order chi connectivity index (χ0) is 13.8. The molecule has 0 atom stereocenters. The largest absolute Gasteiger partial charge is 0.321 e. The van der Waals surface area contributed by atoms with Gasteiger partial charge in [-0.05, 0) is 42.5 Å². The Hall–Kier alpha value is -2.38. The van der Waals surface area contributed by atoms with Gasteiger partial charge in [-0.15, -0.1) is 0 Å². The number of hydrogen-bond donors (Lipinski definition) is 1. The first-order valence-electron chi connectivity index (χ1n) is 5.37. The number of benzene rings is 2. The van der Waals surface area contributed by atoms with Crippen molar-refractivity contribution in [3.63, 3.8) is 0 Å². The fourth-order valence-corrected chi connectivity index (χ4v) is 1.69. The molecular formula is C14H8ClFN2O. The Morgan fingerprint density at radius 3 is 2.53 bits per heavy atom. The number of hydrogen-bond acceptors (Lipinski definition) is 2. The molecule has 94 valence electrons. The third-order valence-electron chi connectivity index (χ3n) is 2.46. The molecule has 0 aliphatic rings. The Labute approximate surface area is 114 Å². The van der Waals surface area contributed by atoms with Crippen molar-refractivity contribution in [2.75, 3.05) is 5.32 Å². The van der Waals surface area contributed by atoms with Crippen LogP contribution in [-0.4, -0.2) is 5.91 Å². The van der Waals surface area contributed by atoms with Crippen molar-refractivity contribution in [2.24, 2.45) is 0 Å². The van der Waals surface area contributed by atoms with Gasteiger partial charge in [-0.2, -0.15) is 5.26 Å². The summed E-state index contributed by atoms with van der Waals surface area (Å²) in [7, 11) is 0. The molecule has 0 spiro atoms. The van der Waals surface area contributed by atoms with Crippen LogP contribution in [0, 0.1) is 17.1 Å². The van der Waals surface area contributed by atoms with Crippen molar-refractivity contribution in [3.8, 4) is 6.07 Å². The molecule has 0 aliphatic heterocycles. The molecule has 0 radical (unpaired) electrons. The Kier molecular flexibility index (Phi) is 3.79. The third kappa shape index (κ3) is 3.09. The maximum absolute atomic E-state index is 12.8. The number of carbonyl (C=O) groups is 1. The molecule has 19 heavy (non-hydrogen) atoms. The molecular weight excluding hydrogens is 267 g/mol. The van der Waals surface area contributed by atoms with Crippen LogP contribution in [0.4, 0.5) is 10.1 Å². The molecule has 3 nitrogen and oxygen atoms in total. The number of nitrogens with one attached hydrogen (secondary N) is 1. The van der Waals surface area contributed by atoms with E-state index < -0.39 is 11.7 Å². The zero-order valence-electron chi connectivity index (χ0n) is 9.65. The fraction of sp³-hybridized carbons (Fsp3) is 0. The highest BCUT2D eigenvalue weighted by atomic mass is 35.5. The van der Waals surface area contributed by atoms with Crippen LogP contribution in [0.5, 0.6) is 0 Å². The van der Waals surface area contributed by atoms with Gasteiger partial charge in [0.25, 0.3) is 5.91 Å². The van der Waals surface area contributed by atoms with Gasteiger partial charge in [0.1, 0.15) is 11.9 Å². The van der Waals surface area contributed by atoms with E-state index in [1.165, 1.54) is 36.4 Å². The second kappa shape index (κ2) is 5.51. The predicted octanol–water partition coefficient (Wildman–Crippen LogP) is 3.60. The van der Waals surface area contributed by atoms with Gasteiger partial charge in [-0.1, -0.05) is 11.6 Å². The summed E-state index contributed by atoms with van der Waals surface area (Å²) in [5.41, 5.74) is 0.925. The highest BCUT2D eigenvalue weighted by Crippen LogP contribution is 2.21. The summed E-state index contributed by atoms with van der Waals surface area (Å²) < 4.78 is 12.8. The lowest BCUT2D eigenvalue weighted by molar-refractivity contribution is 0.102. The van der Waals surface area contributed by atoms with Gasteiger partial charge in [-0.25, -0.2) is 4.39 Å². The summed E-state index contributed by atoms with van der Waals surface area (Å²) >= 11 is 5.81. The fourth-order valence-electron chi connectivity index (χ4n) is 1.51. The van der Waals surface area contributed by atoms with E-state index in [9.17, 15) is 9.18 Å². The molecule has 0 aliphatic carbocycles. The van der Waals surface area contributed by atoms with Crippen molar-refractivity contribution >= 4 is 23.2 Å². The average Bonchev–Trinajstić information content (AvgIpc) is 2.39. The molecule has 0 fully saturated rings. The summed E-state index contributed by atoms with van der Waals surface area (Å²) in [6.45, 7) is 0.